The van der Waals surface area contributed by atoms with E-state index < -0.39 is 7.14 Å². The van der Waals surface area contributed by atoms with Crippen molar-refractivity contribution in [3.05, 3.63) is 83.8 Å². The van der Waals surface area contributed by atoms with E-state index in [4.69, 9.17) is 9.72 Å². The Labute approximate surface area is 375 Å². The lowest BCUT2D eigenvalue weighted by molar-refractivity contribution is -0.133. The number of fused-ring (bicyclic) bond motifs is 1. The van der Waals surface area contributed by atoms with Crippen LogP contribution >= 0.6 is 7.14 Å². The van der Waals surface area contributed by atoms with Crippen LogP contribution in [0, 0.1) is 6.92 Å². The van der Waals surface area contributed by atoms with Gasteiger partial charge in [0.2, 0.25) is 17.8 Å². The minimum Gasteiger partial charge on any atom is -0.494 e. The molecule has 3 saturated heterocycles. The molecule has 2 aromatic heterocycles. The molecule has 0 spiro atoms. The number of aryl methyl sites for hydroxylation is 2. The molecule has 1 atom stereocenters. The molecule has 4 N–H and O–H groups in total. The number of ether oxygens (including phenoxy) is 1. The number of anilines is 6. The van der Waals surface area contributed by atoms with E-state index in [1.807, 2.05) is 19.1 Å². The first kappa shape index (κ1) is 43.6. The van der Waals surface area contributed by atoms with Gasteiger partial charge in [0.1, 0.15) is 30.3 Å². The summed E-state index contributed by atoms with van der Waals surface area (Å²) in [5.74, 6) is 1.89. The Hall–Kier alpha value is -5.63. The second-order valence-electron chi connectivity index (χ2n) is 18.1. The molecule has 4 aliphatic rings. The van der Waals surface area contributed by atoms with Crippen LogP contribution in [0.1, 0.15) is 68.1 Å². The number of hydrogen-bond acceptors (Lipinski definition) is 14. The highest BCUT2D eigenvalue weighted by atomic mass is 31.2. The number of carbonyl (C=O) groups is 2. The number of rotatable bonds is 13. The van der Waals surface area contributed by atoms with Gasteiger partial charge in [-0.25, -0.2) is 4.98 Å². The minimum atomic E-state index is -2.75. The highest BCUT2D eigenvalue weighted by molar-refractivity contribution is 7.71. The smallest absolute Gasteiger partial charge is 0.249 e. The Morgan fingerprint density at radius 3 is 2.25 bits per heavy atom. The molecule has 9 rings (SSSR count). The van der Waals surface area contributed by atoms with Crippen LogP contribution in [0.4, 0.5) is 34.5 Å². The first-order chi connectivity index (χ1) is 30.9. The molecule has 1 aliphatic carbocycles. The van der Waals surface area contributed by atoms with Gasteiger partial charge in [-0.3, -0.25) is 34.7 Å². The van der Waals surface area contributed by atoms with Gasteiger partial charge in [0.25, 0.3) is 0 Å². The molecular formula is C48H60N11O4P. The molecule has 3 aliphatic heterocycles. The highest BCUT2D eigenvalue weighted by Gasteiger charge is 2.37. The zero-order valence-corrected chi connectivity index (χ0v) is 38.5. The highest BCUT2D eigenvalue weighted by Crippen LogP contribution is 2.43. The standard InChI is InChI=1S/C48H60N11O4P/c1-6-31-27-40(54-48-51-29-30(2)46(56-48)53-38-12-11-37-44(50-18-17-49-37)45(38)64(4,5)62)42(63-3)28-41(31)59-19-15-35(16-20-59)57-21-23-58(24-22-57)36-25-33(26-36)32-7-9-34(10-8-32)52-39-13-14-43(60)55-47(39)61/h7-12,17-18,27-29,33,35-36,39,52H,6,13-16,19-26H2,1-5H3,(H,55,60,61)(H2,51,53,54,56). The molecule has 1 saturated carbocycles. The summed E-state index contributed by atoms with van der Waals surface area (Å²) in [4.78, 5) is 50.1. The molecule has 0 bridgehead atoms. The Morgan fingerprint density at radius 1 is 0.844 bits per heavy atom. The second-order valence-corrected chi connectivity index (χ2v) is 21.3. The SMILES string of the molecule is CCc1cc(Nc2ncc(C)c(Nc3ccc4nccnc4c3P(C)(C)=O)n2)c(OC)cc1N1CCC(N2CCN(C3CC(c4ccc(NC5CCC(=O)NC5=O)cc4)C3)CC2)CC1. The molecule has 1 unspecified atom stereocenters. The summed E-state index contributed by atoms with van der Waals surface area (Å²) >= 11 is 0. The fourth-order valence-corrected chi connectivity index (χ4v) is 11.4. The molecule has 2 amide bonds. The van der Waals surface area contributed by atoms with Crippen LogP contribution in [0.5, 0.6) is 5.75 Å². The number of imide groups is 1. The van der Waals surface area contributed by atoms with Gasteiger partial charge in [0.15, 0.2) is 0 Å². The third-order valence-corrected chi connectivity index (χ3v) is 15.2. The van der Waals surface area contributed by atoms with Gasteiger partial charge in [0.05, 0.1) is 29.3 Å². The van der Waals surface area contributed by atoms with Crippen molar-refractivity contribution in [1.29, 1.82) is 0 Å². The van der Waals surface area contributed by atoms with Crippen LogP contribution in [-0.2, 0) is 20.6 Å². The van der Waals surface area contributed by atoms with Crippen LogP contribution in [-0.4, -0.2) is 119 Å². The first-order valence-corrected chi connectivity index (χ1v) is 25.3. The van der Waals surface area contributed by atoms with Crippen molar-refractivity contribution in [1.82, 2.24) is 35.1 Å². The number of aromatic nitrogens is 4. The Kier molecular flexibility index (Phi) is 12.6. The fraction of sp³-hybridized carbons (Fsp3) is 0.458. The van der Waals surface area contributed by atoms with Crippen LogP contribution in [0.3, 0.4) is 0 Å². The normalized spacial score (nSPS) is 21.3. The Bertz CT molecular complexity index is 2560. The largest absolute Gasteiger partial charge is 0.494 e. The molecular weight excluding hydrogens is 826 g/mol. The first-order valence-electron chi connectivity index (χ1n) is 22.7. The maximum absolute atomic E-state index is 13.5. The molecule has 4 fully saturated rings. The number of piperazine rings is 1. The summed E-state index contributed by atoms with van der Waals surface area (Å²) in [6.45, 7) is 14.1. The summed E-state index contributed by atoms with van der Waals surface area (Å²) < 4.78 is 19.5. The summed E-state index contributed by atoms with van der Waals surface area (Å²) in [5.41, 5.74) is 8.38. The van der Waals surface area contributed by atoms with E-state index in [9.17, 15) is 14.2 Å². The number of carbonyl (C=O) groups excluding carboxylic acids is 2. The molecule has 3 aromatic carbocycles. The van der Waals surface area contributed by atoms with Crippen LogP contribution in [0.25, 0.3) is 11.0 Å². The number of nitrogens with zero attached hydrogens (tertiary/aromatic N) is 7. The lowest BCUT2D eigenvalue weighted by Gasteiger charge is -2.49. The van der Waals surface area contributed by atoms with Crippen molar-refractivity contribution >= 4 is 69.8 Å². The van der Waals surface area contributed by atoms with Gasteiger partial charge < -0.3 is 30.2 Å². The van der Waals surface area contributed by atoms with E-state index >= 15 is 0 Å². The van der Waals surface area contributed by atoms with Gasteiger partial charge in [-0.15, -0.1) is 0 Å². The van der Waals surface area contributed by atoms with E-state index in [1.54, 1.807) is 39.0 Å². The minimum absolute atomic E-state index is 0.194. The molecule has 5 aromatic rings. The van der Waals surface area contributed by atoms with Crippen molar-refractivity contribution in [3.8, 4) is 5.75 Å². The number of amides is 2. The van der Waals surface area contributed by atoms with Crippen LogP contribution in [0.2, 0.25) is 0 Å². The number of benzene rings is 3. The van der Waals surface area contributed by atoms with Crippen molar-refractivity contribution in [3.63, 3.8) is 0 Å². The van der Waals surface area contributed by atoms with Crippen molar-refractivity contribution < 1.29 is 18.9 Å². The average Bonchev–Trinajstić information content (AvgIpc) is 3.28. The van der Waals surface area contributed by atoms with E-state index in [-0.39, 0.29) is 17.9 Å². The second kappa shape index (κ2) is 18.5. The predicted molar refractivity (Wildman–Crippen MR) is 255 cm³/mol. The Morgan fingerprint density at radius 2 is 1.56 bits per heavy atom. The summed E-state index contributed by atoms with van der Waals surface area (Å²) in [5, 5.41) is 13.2. The van der Waals surface area contributed by atoms with Crippen LogP contribution in [0.15, 0.2) is 67.1 Å². The monoisotopic (exact) mass is 885 g/mol. The zero-order valence-electron chi connectivity index (χ0n) is 37.6. The van der Waals surface area contributed by atoms with Crippen LogP contribution < -0.4 is 36.2 Å². The molecule has 5 heterocycles. The van der Waals surface area contributed by atoms with Gasteiger partial charge in [-0.1, -0.05) is 19.1 Å². The summed E-state index contributed by atoms with van der Waals surface area (Å²) in [7, 11) is -1.05. The average molecular weight is 886 g/mol. The molecule has 15 nitrogen and oxygen atoms in total. The van der Waals surface area contributed by atoms with Crippen molar-refractivity contribution in [2.75, 3.05) is 80.6 Å². The molecule has 64 heavy (non-hydrogen) atoms. The van der Waals surface area contributed by atoms with Crippen molar-refractivity contribution in [2.45, 2.75) is 82.8 Å². The maximum Gasteiger partial charge on any atom is 0.249 e. The molecule has 16 heteroatoms. The number of methoxy groups -OCH3 is 1. The van der Waals surface area contributed by atoms with E-state index in [0.29, 0.717) is 64.6 Å². The van der Waals surface area contributed by atoms with E-state index in [2.05, 4.69) is 94.2 Å². The third kappa shape index (κ3) is 9.29. The number of hydrogen-bond donors (Lipinski definition) is 4. The summed E-state index contributed by atoms with van der Waals surface area (Å²) in [6, 6.07) is 17.5. The van der Waals surface area contributed by atoms with Gasteiger partial charge in [0, 0.05) is 99.4 Å². The molecule has 0 radical (unpaired) electrons. The van der Waals surface area contributed by atoms with Gasteiger partial charge in [-0.2, -0.15) is 4.98 Å². The van der Waals surface area contributed by atoms with Gasteiger partial charge in [-0.05, 0) is 106 Å². The van der Waals surface area contributed by atoms with Crippen molar-refractivity contribution in [2.24, 2.45) is 0 Å². The molecule has 336 valence electrons. The van der Waals surface area contributed by atoms with E-state index in [0.717, 1.165) is 81.2 Å². The van der Waals surface area contributed by atoms with E-state index in [1.165, 1.54) is 29.7 Å². The zero-order chi connectivity index (χ0) is 44.5. The third-order valence-electron chi connectivity index (χ3n) is 13.7. The predicted octanol–water partition coefficient (Wildman–Crippen LogP) is 6.78. The lowest BCUT2D eigenvalue weighted by Crippen LogP contribution is -2.57. The number of piperidine rings is 2. The Balaban J connectivity index is 0.777. The maximum atomic E-state index is 13.5. The fourth-order valence-electron chi connectivity index (χ4n) is 9.98. The number of nitrogens with one attached hydrogen (secondary N) is 4. The van der Waals surface area contributed by atoms with Gasteiger partial charge >= 0.3 is 0 Å². The lowest BCUT2D eigenvalue weighted by atomic mass is 9.75. The summed E-state index contributed by atoms with van der Waals surface area (Å²) in [6.07, 6.45) is 11.5. The topological polar surface area (TPSA) is 170 Å². The quantitative estimate of drug-likeness (QED) is 0.0721.